The Bertz CT molecular complexity index is 436. The fourth-order valence-electron chi connectivity index (χ4n) is 3.29. The van der Waals surface area contributed by atoms with Gasteiger partial charge in [0.05, 0.1) is 6.04 Å². The normalized spacial score (nSPS) is 21.9. The summed E-state index contributed by atoms with van der Waals surface area (Å²) in [5.41, 5.74) is 6.64. The maximum atomic E-state index is 14.2. The highest BCUT2D eigenvalue weighted by Crippen LogP contribution is 2.32. The van der Waals surface area contributed by atoms with E-state index in [1.165, 1.54) is 25.3 Å². The first-order valence-electron chi connectivity index (χ1n) is 7.58. The number of likely N-dealkylation sites (tertiary alicyclic amines) is 1. The molecule has 1 fully saturated rings. The summed E-state index contributed by atoms with van der Waals surface area (Å²) < 4.78 is 14.2. The molecule has 1 aromatic carbocycles. The van der Waals surface area contributed by atoms with Gasteiger partial charge in [-0.15, -0.1) is 0 Å². The summed E-state index contributed by atoms with van der Waals surface area (Å²) in [4.78, 5) is 2.40. The quantitative estimate of drug-likeness (QED) is 0.885. The van der Waals surface area contributed by atoms with Gasteiger partial charge in [-0.3, -0.25) is 4.90 Å². The Morgan fingerprint density at radius 2 is 2.25 bits per heavy atom. The highest BCUT2D eigenvalue weighted by atomic mass is 35.5. The van der Waals surface area contributed by atoms with Gasteiger partial charge in [0, 0.05) is 23.2 Å². The van der Waals surface area contributed by atoms with Crippen LogP contribution < -0.4 is 5.73 Å². The lowest BCUT2D eigenvalue weighted by molar-refractivity contribution is 0.0894. The molecule has 0 spiro atoms. The fourth-order valence-corrected chi connectivity index (χ4v) is 3.45. The molecule has 2 unspecified atom stereocenters. The summed E-state index contributed by atoms with van der Waals surface area (Å²) in [6.07, 6.45) is 5.94. The lowest BCUT2D eigenvalue weighted by Crippen LogP contribution is -2.44. The third-order valence-electron chi connectivity index (χ3n) is 4.24. The van der Waals surface area contributed by atoms with Crippen molar-refractivity contribution in [1.82, 2.24) is 4.90 Å². The molecule has 2 atom stereocenters. The largest absolute Gasteiger partial charge is 0.329 e. The van der Waals surface area contributed by atoms with Crippen molar-refractivity contribution >= 4 is 11.6 Å². The minimum atomic E-state index is -0.242. The van der Waals surface area contributed by atoms with E-state index in [0.29, 0.717) is 23.2 Å². The molecule has 4 heteroatoms. The number of piperidine rings is 1. The first-order valence-corrected chi connectivity index (χ1v) is 7.96. The third kappa shape index (κ3) is 3.51. The van der Waals surface area contributed by atoms with Crippen LogP contribution in [0.25, 0.3) is 0 Å². The molecule has 1 heterocycles. The second-order valence-electron chi connectivity index (χ2n) is 5.59. The molecule has 2 N–H and O–H groups in total. The monoisotopic (exact) mass is 298 g/mol. The number of halogens is 2. The molecule has 2 rings (SSSR count). The smallest absolute Gasteiger partial charge is 0.129 e. The highest BCUT2D eigenvalue weighted by molar-refractivity contribution is 6.30. The molecule has 1 aliphatic rings. The van der Waals surface area contributed by atoms with Crippen LogP contribution in [0.1, 0.15) is 50.6 Å². The first kappa shape index (κ1) is 15.7. The highest BCUT2D eigenvalue weighted by Gasteiger charge is 2.29. The number of nitrogens with zero attached hydrogens (tertiary/aromatic N) is 1. The van der Waals surface area contributed by atoms with Crippen LogP contribution in [-0.2, 0) is 0 Å². The minimum Gasteiger partial charge on any atom is -0.329 e. The molecule has 0 bridgehead atoms. The zero-order valence-electron chi connectivity index (χ0n) is 12.1. The van der Waals surface area contributed by atoms with Gasteiger partial charge in [0.2, 0.25) is 0 Å². The van der Waals surface area contributed by atoms with Gasteiger partial charge in [0.1, 0.15) is 5.82 Å². The Morgan fingerprint density at radius 1 is 1.45 bits per heavy atom. The molecule has 2 nitrogen and oxygen atoms in total. The van der Waals surface area contributed by atoms with Gasteiger partial charge in [-0.2, -0.15) is 0 Å². The molecule has 0 saturated carbocycles. The predicted molar refractivity (Wildman–Crippen MR) is 82.5 cm³/mol. The van der Waals surface area contributed by atoms with Crippen LogP contribution in [0.3, 0.4) is 0 Å². The Kier molecular flexibility index (Phi) is 5.82. The van der Waals surface area contributed by atoms with E-state index in [2.05, 4.69) is 11.8 Å². The molecule has 1 aromatic rings. The van der Waals surface area contributed by atoms with Gasteiger partial charge in [-0.1, -0.05) is 37.4 Å². The molecular formula is C16H24ClFN2. The Morgan fingerprint density at radius 3 is 2.90 bits per heavy atom. The molecular weight excluding hydrogens is 275 g/mol. The van der Waals surface area contributed by atoms with Crippen molar-refractivity contribution in [2.45, 2.75) is 51.1 Å². The predicted octanol–water partition coefficient (Wildman–Crippen LogP) is 4.13. The second-order valence-corrected chi connectivity index (χ2v) is 6.03. The van der Waals surface area contributed by atoms with Crippen molar-refractivity contribution in [3.63, 3.8) is 0 Å². The number of hydrogen-bond donors (Lipinski definition) is 1. The van der Waals surface area contributed by atoms with Crippen molar-refractivity contribution in [3.8, 4) is 0 Å². The van der Waals surface area contributed by atoms with Gasteiger partial charge < -0.3 is 5.73 Å². The molecule has 0 aromatic heterocycles. The molecule has 0 aliphatic carbocycles. The van der Waals surface area contributed by atoms with Crippen molar-refractivity contribution in [3.05, 3.63) is 34.6 Å². The zero-order valence-corrected chi connectivity index (χ0v) is 12.9. The van der Waals surface area contributed by atoms with E-state index in [1.807, 2.05) is 0 Å². The van der Waals surface area contributed by atoms with E-state index in [-0.39, 0.29) is 11.9 Å². The number of nitrogens with two attached hydrogens (primary N) is 1. The summed E-state index contributed by atoms with van der Waals surface area (Å²) in [6.45, 7) is 3.65. The fraction of sp³-hybridized carbons (Fsp3) is 0.625. The van der Waals surface area contributed by atoms with Crippen LogP contribution >= 0.6 is 11.6 Å². The van der Waals surface area contributed by atoms with Gasteiger partial charge in [-0.25, -0.2) is 4.39 Å². The van der Waals surface area contributed by atoms with Gasteiger partial charge in [-0.05, 0) is 37.9 Å². The summed E-state index contributed by atoms with van der Waals surface area (Å²) in [7, 11) is 0. The van der Waals surface area contributed by atoms with Crippen LogP contribution in [0.5, 0.6) is 0 Å². The van der Waals surface area contributed by atoms with Gasteiger partial charge >= 0.3 is 0 Å². The summed E-state index contributed by atoms with van der Waals surface area (Å²) in [5, 5.41) is 0.436. The number of hydrogen-bond acceptors (Lipinski definition) is 2. The van der Waals surface area contributed by atoms with E-state index in [0.717, 1.165) is 19.4 Å². The molecule has 0 amide bonds. The zero-order chi connectivity index (χ0) is 14.5. The summed E-state index contributed by atoms with van der Waals surface area (Å²) in [6, 6.07) is 5.41. The van der Waals surface area contributed by atoms with Crippen LogP contribution in [-0.4, -0.2) is 24.0 Å². The molecule has 20 heavy (non-hydrogen) atoms. The summed E-state index contributed by atoms with van der Waals surface area (Å²) in [5.74, 6) is -0.242. The number of rotatable bonds is 5. The van der Waals surface area contributed by atoms with E-state index in [9.17, 15) is 4.39 Å². The van der Waals surface area contributed by atoms with Crippen LogP contribution in [0, 0.1) is 5.82 Å². The van der Waals surface area contributed by atoms with Crippen LogP contribution in [0.15, 0.2) is 18.2 Å². The first-order chi connectivity index (χ1) is 9.67. The van der Waals surface area contributed by atoms with E-state index in [1.54, 1.807) is 12.1 Å². The SMILES string of the molecule is CCCC1CCCCN1C(CN)c1ccc(Cl)cc1F. The van der Waals surface area contributed by atoms with Gasteiger partial charge in [0.25, 0.3) is 0 Å². The van der Waals surface area contributed by atoms with Crippen LogP contribution in [0.2, 0.25) is 5.02 Å². The van der Waals surface area contributed by atoms with Crippen molar-refractivity contribution in [2.24, 2.45) is 5.73 Å². The lowest BCUT2D eigenvalue weighted by atomic mass is 9.93. The molecule has 112 valence electrons. The Hall–Kier alpha value is -0.640. The maximum absolute atomic E-state index is 14.2. The topological polar surface area (TPSA) is 29.3 Å². The molecule has 1 aliphatic heterocycles. The second kappa shape index (κ2) is 7.39. The van der Waals surface area contributed by atoms with Crippen LogP contribution in [0.4, 0.5) is 4.39 Å². The molecule has 0 radical (unpaired) electrons. The molecule has 1 saturated heterocycles. The summed E-state index contributed by atoms with van der Waals surface area (Å²) >= 11 is 5.84. The Balaban J connectivity index is 2.25. The number of benzene rings is 1. The van der Waals surface area contributed by atoms with Crippen molar-refractivity contribution in [2.75, 3.05) is 13.1 Å². The van der Waals surface area contributed by atoms with E-state index >= 15 is 0 Å². The average Bonchev–Trinajstić information content (AvgIpc) is 2.44. The maximum Gasteiger partial charge on any atom is 0.129 e. The standard InChI is InChI=1S/C16H24ClFN2/c1-2-5-13-6-3-4-9-20(13)16(11-19)14-8-7-12(17)10-15(14)18/h7-8,10,13,16H,2-6,9,11,19H2,1H3. The third-order valence-corrected chi connectivity index (χ3v) is 4.47. The average molecular weight is 299 g/mol. The van der Waals surface area contributed by atoms with E-state index in [4.69, 9.17) is 17.3 Å². The van der Waals surface area contributed by atoms with Crippen molar-refractivity contribution in [1.29, 1.82) is 0 Å². The van der Waals surface area contributed by atoms with E-state index < -0.39 is 0 Å². The van der Waals surface area contributed by atoms with Crippen molar-refractivity contribution < 1.29 is 4.39 Å². The lowest BCUT2D eigenvalue weighted by Gasteiger charge is -2.41. The minimum absolute atomic E-state index is 0.0379. The Labute approximate surface area is 126 Å². The van der Waals surface area contributed by atoms with Gasteiger partial charge in [0.15, 0.2) is 0 Å².